The van der Waals surface area contributed by atoms with E-state index in [2.05, 4.69) is 24.0 Å². The van der Waals surface area contributed by atoms with E-state index < -0.39 is 0 Å². The summed E-state index contributed by atoms with van der Waals surface area (Å²) in [6, 6.07) is 0. The zero-order chi connectivity index (χ0) is 9.42. The molecule has 0 aromatic carbocycles. The van der Waals surface area contributed by atoms with Gasteiger partial charge in [-0.3, -0.25) is 0 Å². The fourth-order valence-corrected chi connectivity index (χ4v) is 1.99. The molecule has 1 aliphatic carbocycles. The first-order chi connectivity index (χ1) is 6.20. The first kappa shape index (κ1) is 8.63. The van der Waals surface area contributed by atoms with Crippen molar-refractivity contribution in [2.45, 2.75) is 26.4 Å². The lowest BCUT2D eigenvalue weighted by atomic mass is 9.91. The molecule has 13 heavy (non-hydrogen) atoms. The molecule has 1 aromatic rings. The van der Waals surface area contributed by atoms with Crippen LogP contribution in [0.15, 0.2) is 12.4 Å². The molecule has 0 aliphatic heterocycles. The summed E-state index contributed by atoms with van der Waals surface area (Å²) in [6.45, 7) is 4.28. The van der Waals surface area contributed by atoms with Crippen LogP contribution in [-0.4, -0.2) is 15.3 Å². The van der Waals surface area contributed by atoms with E-state index >= 15 is 0 Å². The summed E-state index contributed by atoms with van der Waals surface area (Å²) in [5.41, 5.74) is 2.12. The van der Waals surface area contributed by atoms with Gasteiger partial charge in [-0.2, -0.15) is 10.2 Å². The maximum atomic E-state index is 9.94. The van der Waals surface area contributed by atoms with Gasteiger partial charge in [-0.05, 0) is 23.8 Å². The van der Waals surface area contributed by atoms with Crippen LogP contribution in [0, 0.1) is 11.8 Å². The summed E-state index contributed by atoms with van der Waals surface area (Å²) >= 11 is 0. The molecule has 0 spiro atoms. The van der Waals surface area contributed by atoms with Crippen molar-refractivity contribution in [3.63, 3.8) is 0 Å². The number of hydrogen-bond donors (Lipinski definition) is 1. The monoisotopic (exact) mass is 178 g/mol. The molecule has 1 aromatic heterocycles. The molecule has 2 unspecified atom stereocenters. The third kappa shape index (κ3) is 1.33. The minimum absolute atomic E-state index is 0.334. The smallest absolute Gasteiger partial charge is 0.0842 e. The zero-order valence-electron chi connectivity index (χ0n) is 7.94. The van der Waals surface area contributed by atoms with Crippen LogP contribution in [0.25, 0.3) is 0 Å². The quantitative estimate of drug-likeness (QED) is 0.705. The molecule has 1 N–H and O–H groups in total. The van der Waals surface area contributed by atoms with Crippen LogP contribution >= 0.6 is 0 Å². The fraction of sp³-hybridized carbons (Fsp3) is 0.600. The number of rotatable bonds is 1. The van der Waals surface area contributed by atoms with Gasteiger partial charge in [0.1, 0.15) is 0 Å². The van der Waals surface area contributed by atoms with Crippen LogP contribution in [0.5, 0.6) is 0 Å². The van der Waals surface area contributed by atoms with Gasteiger partial charge < -0.3 is 5.11 Å². The van der Waals surface area contributed by atoms with E-state index in [1.54, 1.807) is 12.4 Å². The molecule has 0 saturated heterocycles. The Morgan fingerprint density at radius 2 is 2.08 bits per heavy atom. The molecular weight excluding hydrogens is 164 g/mol. The molecule has 3 heteroatoms. The van der Waals surface area contributed by atoms with Crippen molar-refractivity contribution >= 4 is 0 Å². The second kappa shape index (κ2) is 3.07. The molecule has 0 fully saturated rings. The molecule has 2 atom stereocenters. The van der Waals surface area contributed by atoms with E-state index in [-0.39, 0.29) is 6.10 Å². The van der Waals surface area contributed by atoms with Gasteiger partial charge >= 0.3 is 0 Å². The van der Waals surface area contributed by atoms with Crippen LogP contribution in [0.3, 0.4) is 0 Å². The Morgan fingerprint density at radius 1 is 1.38 bits per heavy atom. The molecule has 3 nitrogen and oxygen atoms in total. The number of aliphatic hydroxyl groups excluding tert-OH is 1. The largest absolute Gasteiger partial charge is 0.388 e. The van der Waals surface area contributed by atoms with Crippen molar-refractivity contribution in [1.29, 1.82) is 0 Å². The van der Waals surface area contributed by atoms with Crippen LogP contribution in [-0.2, 0) is 6.42 Å². The zero-order valence-corrected chi connectivity index (χ0v) is 7.94. The second-order valence-electron chi connectivity index (χ2n) is 4.03. The molecular formula is C10H14N2O. The Morgan fingerprint density at radius 3 is 2.69 bits per heavy atom. The van der Waals surface area contributed by atoms with E-state index in [1.807, 2.05) is 0 Å². The van der Waals surface area contributed by atoms with Crippen molar-refractivity contribution in [3.8, 4) is 0 Å². The minimum Gasteiger partial charge on any atom is -0.388 e. The number of aromatic nitrogens is 2. The third-order valence-electron chi connectivity index (χ3n) is 2.88. The molecule has 1 heterocycles. The number of fused-ring (bicyclic) bond motifs is 1. The lowest BCUT2D eigenvalue weighted by Gasteiger charge is -2.18. The Hall–Kier alpha value is -0.960. The van der Waals surface area contributed by atoms with Crippen molar-refractivity contribution in [3.05, 3.63) is 23.5 Å². The van der Waals surface area contributed by atoms with E-state index in [1.165, 1.54) is 0 Å². The van der Waals surface area contributed by atoms with E-state index in [0.29, 0.717) is 11.8 Å². The molecule has 1 aliphatic rings. The third-order valence-corrected chi connectivity index (χ3v) is 2.88. The number of hydrogen-bond acceptors (Lipinski definition) is 3. The average Bonchev–Trinajstić information content (AvgIpc) is 2.45. The highest BCUT2D eigenvalue weighted by molar-refractivity contribution is 5.29. The first-order valence-electron chi connectivity index (χ1n) is 4.67. The predicted octanol–water partition coefficient (Wildman–Crippen LogP) is 1.34. The molecule has 0 radical (unpaired) electrons. The standard InChI is InChI=1S/C10H14N2O/c1-6(2)8-3-7-4-11-12-5-9(7)10(8)13/h4-6,8,10,13H,3H2,1-2H3. The SMILES string of the molecule is CC(C)C1Cc2cnncc2C1O. The van der Waals surface area contributed by atoms with Crippen molar-refractivity contribution in [1.82, 2.24) is 10.2 Å². The summed E-state index contributed by atoms with van der Waals surface area (Å²) in [6.07, 6.45) is 4.04. The molecule has 2 rings (SSSR count). The summed E-state index contributed by atoms with van der Waals surface area (Å²) in [5.74, 6) is 0.836. The van der Waals surface area contributed by atoms with Crippen molar-refractivity contribution in [2.24, 2.45) is 11.8 Å². The van der Waals surface area contributed by atoms with Gasteiger partial charge in [0.05, 0.1) is 18.5 Å². The Bertz CT molecular complexity index is 312. The molecule has 0 amide bonds. The Kier molecular flexibility index (Phi) is 2.04. The molecule has 0 bridgehead atoms. The Balaban J connectivity index is 2.32. The highest BCUT2D eigenvalue weighted by atomic mass is 16.3. The fourth-order valence-electron chi connectivity index (χ4n) is 1.99. The molecule has 0 saturated carbocycles. The Labute approximate surface area is 77.8 Å². The highest BCUT2D eigenvalue weighted by Crippen LogP contribution is 2.38. The summed E-state index contributed by atoms with van der Waals surface area (Å²) in [5, 5.41) is 17.6. The molecule has 70 valence electrons. The lowest BCUT2D eigenvalue weighted by molar-refractivity contribution is 0.0966. The maximum absolute atomic E-state index is 9.94. The van der Waals surface area contributed by atoms with E-state index in [4.69, 9.17) is 0 Å². The van der Waals surface area contributed by atoms with Crippen molar-refractivity contribution < 1.29 is 5.11 Å². The van der Waals surface area contributed by atoms with Crippen LogP contribution in [0.2, 0.25) is 0 Å². The summed E-state index contributed by atoms with van der Waals surface area (Å²) < 4.78 is 0. The van der Waals surface area contributed by atoms with E-state index in [0.717, 1.165) is 17.5 Å². The normalized spacial score (nSPS) is 26.5. The van der Waals surface area contributed by atoms with E-state index in [9.17, 15) is 5.11 Å². The summed E-state index contributed by atoms with van der Waals surface area (Å²) in [4.78, 5) is 0. The lowest BCUT2D eigenvalue weighted by Crippen LogP contribution is -2.13. The van der Waals surface area contributed by atoms with Gasteiger partial charge in [0.15, 0.2) is 0 Å². The van der Waals surface area contributed by atoms with Crippen LogP contribution in [0.4, 0.5) is 0 Å². The van der Waals surface area contributed by atoms with Gasteiger partial charge in [0.25, 0.3) is 0 Å². The van der Waals surface area contributed by atoms with Gasteiger partial charge in [0.2, 0.25) is 0 Å². The van der Waals surface area contributed by atoms with Crippen molar-refractivity contribution in [2.75, 3.05) is 0 Å². The minimum atomic E-state index is -0.342. The number of nitrogens with zero attached hydrogens (tertiary/aromatic N) is 2. The first-order valence-corrected chi connectivity index (χ1v) is 4.67. The average molecular weight is 178 g/mol. The highest BCUT2D eigenvalue weighted by Gasteiger charge is 2.33. The topological polar surface area (TPSA) is 46.0 Å². The van der Waals surface area contributed by atoms with Gasteiger partial charge in [-0.15, -0.1) is 0 Å². The van der Waals surface area contributed by atoms with Crippen LogP contribution < -0.4 is 0 Å². The van der Waals surface area contributed by atoms with Gasteiger partial charge in [-0.1, -0.05) is 13.8 Å². The predicted molar refractivity (Wildman–Crippen MR) is 49.0 cm³/mol. The summed E-state index contributed by atoms with van der Waals surface area (Å²) in [7, 11) is 0. The van der Waals surface area contributed by atoms with Gasteiger partial charge in [0, 0.05) is 5.56 Å². The number of aliphatic hydroxyl groups is 1. The van der Waals surface area contributed by atoms with Gasteiger partial charge in [-0.25, -0.2) is 0 Å². The van der Waals surface area contributed by atoms with Crippen LogP contribution in [0.1, 0.15) is 31.1 Å². The maximum Gasteiger partial charge on any atom is 0.0842 e. The second-order valence-corrected chi connectivity index (χ2v) is 4.03.